The molecule has 0 N–H and O–H groups in total. The number of hydrogen-bond donors (Lipinski definition) is 0. The van der Waals surface area contributed by atoms with E-state index in [-0.39, 0.29) is 29.6 Å². The zero-order valence-electron chi connectivity index (χ0n) is 16.4. The lowest BCUT2D eigenvalue weighted by atomic mass is 10.2. The summed E-state index contributed by atoms with van der Waals surface area (Å²) in [5, 5.41) is 2.51. The fourth-order valence-electron chi connectivity index (χ4n) is 4.27. The number of benzene rings is 2. The molecule has 2 heterocycles. The van der Waals surface area contributed by atoms with Gasteiger partial charge in [-0.05, 0) is 15.4 Å². The number of epoxide rings is 1. The van der Waals surface area contributed by atoms with Gasteiger partial charge in [0.05, 0.1) is 6.61 Å². The molecule has 27 heavy (non-hydrogen) atoms. The highest BCUT2D eigenvalue weighted by Crippen LogP contribution is 2.41. The second-order valence-electron chi connectivity index (χ2n) is 8.32. The van der Waals surface area contributed by atoms with E-state index in [1.807, 2.05) is 0 Å². The van der Waals surface area contributed by atoms with Gasteiger partial charge in [0.25, 0.3) is 8.32 Å². The molecule has 0 amide bonds. The van der Waals surface area contributed by atoms with Crippen molar-refractivity contribution in [3.05, 3.63) is 60.7 Å². The van der Waals surface area contributed by atoms with Gasteiger partial charge in [-0.3, -0.25) is 0 Å². The van der Waals surface area contributed by atoms with Crippen molar-refractivity contribution in [3.63, 3.8) is 0 Å². The maximum atomic E-state index is 6.92. The molecular formula is C22H28O4Si. The van der Waals surface area contributed by atoms with Crippen molar-refractivity contribution in [2.24, 2.45) is 0 Å². The highest BCUT2D eigenvalue weighted by Gasteiger charge is 2.60. The first-order chi connectivity index (χ1) is 13.0. The maximum absolute atomic E-state index is 6.92. The molecule has 0 aliphatic carbocycles. The van der Waals surface area contributed by atoms with E-state index in [1.54, 1.807) is 7.11 Å². The predicted octanol–water partition coefficient (Wildman–Crippen LogP) is 2.70. The fourth-order valence-corrected chi connectivity index (χ4v) is 8.84. The van der Waals surface area contributed by atoms with Crippen molar-refractivity contribution in [3.8, 4) is 0 Å². The standard InChI is InChI=1S/C22H28O4Si/c1-22(2,3)27(16-11-7-5-8-12-16,17-13-9-6-10-14-17)24-15-18-19-20(26-19)21(23-4)25-18/h5-14,18-21H,15H2,1-4H3/t18-,19-,20-,21?/m1/s1. The topological polar surface area (TPSA) is 40.2 Å². The van der Waals surface area contributed by atoms with Crippen molar-refractivity contribution < 1.29 is 18.6 Å². The molecule has 0 saturated carbocycles. The summed E-state index contributed by atoms with van der Waals surface area (Å²) >= 11 is 0. The van der Waals surface area contributed by atoms with Crippen LogP contribution < -0.4 is 10.4 Å². The molecule has 4 nitrogen and oxygen atoms in total. The Morgan fingerprint density at radius 2 is 1.41 bits per heavy atom. The van der Waals surface area contributed by atoms with Crippen molar-refractivity contribution >= 4 is 18.7 Å². The smallest absolute Gasteiger partial charge is 0.261 e. The minimum absolute atomic E-state index is 0.0429. The highest BCUT2D eigenvalue weighted by atomic mass is 28.4. The van der Waals surface area contributed by atoms with Gasteiger partial charge in [-0.2, -0.15) is 0 Å². The third-order valence-electron chi connectivity index (χ3n) is 5.62. The molecule has 0 aromatic heterocycles. The first-order valence-electron chi connectivity index (χ1n) is 9.56. The van der Waals surface area contributed by atoms with Gasteiger partial charge in [-0.15, -0.1) is 0 Å². The zero-order chi connectivity index (χ0) is 19.1. The summed E-state index contributed by atoms with van der Waals surface area (Å²) in [5.74, 6) is 0. The lowest BCUT2D eigenvalue weighted by Gasteiger charge is -2.43. The lowest BCUT2D eigenvalue weighted by molar-refractivity contribution is -0.165. The van der Waals surface area contributed by atoms with E-state index in [9.17, 15) is 0 Å². The van der Waals surface area contributed by atoms with Gasteiger partial charge in [0.2, 0.25) is 0 Å². The van der Waals surface area contributed by atoms with Crippen LogP contribution in [0.3, 0.4) is 0 Å². The lowest BCUT2D eigenvalue weighted by Crippen LogP contribution is -2.67. The van der Waals surface area contributed by atoms with Gasteiger partial charge < -0.3 is 18.6 Å². The molecule has 1 unspecified atom stereocenters. The molecule has 0 bridgehead atoms. The van der Waals surface area contributed by atoms with Crippen LogP contribution in [0.15, 0.2) is 60.7 Å². The number of methoxy groups -OCH3 is 1. The number of hydrogen-bond acceptors (Lipinski definition) is 4. The van der Waals surface area contributed by atoms with Gasteiger partial charge in [0.15, 0.2) is 6.29 Å². The number of ether oxygens (including phenoxy) is 3. The first kappa shape index (κ1) is 18.8. The second kappa shape index (κ2) is 7.15. The molecule has 2 fully saturated rings. The van der Waals surface area contributed by atoms with Crippen molar-refractivity contribution in [2.75, 3.05) is 13.7 Å². The Morgan fingerprint density at radius 3 is 1.85 bits per heavy atom. The minimum Gasteiger partial charge on any atom is -0.405 e. The Labute approximate surface area is 162 Å². The van der Waals surface area contributed by atoms with E-state index in [4.69, 9.17) is 18.6 Å². The summed E-state index contributed by atoms with van der Waals surface area (Å²) in [6, 6.07) is 21.3. The van der Waals surface area contributed by atoms with E-state index in [2.05, 4.69) is 81.4 Å². The Morgan fingerprint density at radius 1 is 0.852 bits per heavy atom. The predicted molar refractivity (Wildman–Crippen MR) is 108 cm³/mol. The first-order valence-corrected chi connectivity index (χ1v) is 11.5. The molecule has 2 aromatic carbocycles. The van der Waals surface area contributed by atoms with Crippen molar-refractivity contribution in [1.82, 2.24) is 0 Å². The largest absolute Gasteiger partial charge is 0.405 e. The van der Waals surface area contributed by atoms with E-state index < -0.39 is 8.32 Å². The molecule has 144 valence electrons. The fraction of sp³-hybridized carbons (Fsp3) is 0.455. The quantitative estimate of drug-likeness (QED) is 0.567. The summed E-state index contributed by atoms with van der Waals surface area (Å²) < 4.78 is 24.0. The van der Waals surface area contributed by atoms with Crippen LogP contribution in [0, 0.1) is 0 Å². The summed E-state index contributed by atoms with van der Waals surface area (Å²) in [6.45, 7) is 7.35. The van der Waals surface area contributed by atoms with Gasteiger partial charge in [0.1, 0.15) is 18.3 Å². The monoisotopic (exact) mass is 384 g/mol. The summed E-state index contributed by atoms with van der Waals surface area (Å²) in [4.78, 5) is 0. The normalized spacial score (nSPS) is 27.4. The van der Waals surface area contributed by atoms with Crippen LogP contribution in [0.2, 0.25) is 5.04 Å². The Hall–Kier alpha value is -1.50. The van der Waals surface area contributed by atoms with Gasteiger partial charge >= 0.3 is 0 Å². The van der Waals surface area contributed by atoms with E-state index in [0.717, 1.165) is 0 Å². The van der Waals surface area contributed by atoms with Crippen LogP contribution in [0.4, 0.5) is 0 Å². The van der Waals surface area contributed by atoms with Crippen LogP contribution in [0.1, 0.15) is 20.8 Å². The van der Waals surface area contributed by atoms with Crippen LogP contribution >= 0.6 is 0 Å². The average molecular weight is 385 g/mol. The summed E-state index contributed by atoms with van der Waals surface area (Å²) in [5.41, 5.74) is 0. The number of fused-ring (bicyclic) bond motifs is 1. The minimum atomic E-state index is -2.54. The molecule has 4 atom stereocenters. The SMILES string of the molecule is COC1O[C@H](CO[Si](c2ccccc2)(c2ccccc2)C(C)(C)C)[C@H]2O[C@@H]12. The van der Waals surface area contributed by atoms with Crippen LogP contribution in [0.25, 0.3) is 0 Å². The Kier molecular flexibility index (Phi) is 4.99. The third-order valence-corrected chi connectivity index (χ3v) is 10.6. The molecule has 4 rings (SSSR count). The molecule has 2 aliphatic heterocycles. The van der Waals surface area contributed by atoms with E-state index in [1.165, 1.54) is 10.4 Å². The molecule has 5 heteroatoms. The molecule has 2 aromatic rings. The summed E-state index contributed by atoms with van der Waals surface area (Å²) in [6.07, 6.45) is -0.208. The van der Waals surface area contributed by atoms with E-state index >= 15 is 0 Å². The number of rotatable bonds is 6. The average Bonchev–Trinajstić information content (AvgIpc) is 3.39. The second-order valence-corrected chi connectivity index (χ2v) is 12.6. The van der Waals surface area contributed by atoms with Crippen LogP contribution in [-0.2, 0) is 18.6 Å². The van der Waals surface area contributed by atoms with Crippen LogP contribution in [-0.4, -0.2) is 46.6 Å². The molecule has 2 saturated heterocycles. The Balaban J connectivity index is 1.70. The maximum Gasteiger partial charge on any atom is 0.261 e. The third kappa shape index (κ3) is 3.28. The van der Waals surface area contributed by atoms with Gasteiger partial charge in [-0.25, -0.2) is 0 Å². The molecule has 0 radical (unpaired) electrons. The van der Waals surface area contributed by atoms with Crippen molar-refractivity contribution in [1.29, 1.82) is 0 Å². The molecule has 0 spiro atoms. The van der Waals surface area contributed by atoms with Gasteiger partial charge in [-0.1, -0.05) is 81.4 Å². The molecule has 2 aliphatic rings. The Bertz CT molecular complexity index is 719. The zero-order valence-corrected chi connectivity index (χ0v) is 17.4. The summed E-state index contributed by atoms with van der Waals surface area (Å²) in [7, 11) is -0.875. The van der Waals surface area contributed by atoms with Gasteiger partial charge in [0, 0.05) is 7.11 Å². The van der Waals surface area contributed by atoms with Crippen LogP contribution in [0.5, 0.6) is 0 Å². The highest BCUT2D eigenvalue weighted by molar-refractivity contribution is 6.99. The molecular weight excluding hydrogens is 356 g/mol. The van der Waals surface area contributed by atoms with E-state index in [0.29, 0.717) is 6.61 Å². The van der Waals surface area contributed by atoms with Crippen molar-refractivity contribution in [2.45, 2.75) is 50.4 Å².